The molecule has 3 aromatic rings. The van der Waals surface area contributed by atoms with Crippen LogP contribution in [0.4, 0.5) is 8.78 Å². The molecule has 1 aromatic carbocycles. The summed E-state index contributed by atoms with van der Waals surface area (Å²) in [5.41, 5.74) is 0.725. The average molecular weight is 405 g/mol. The largest absolute Gasteiger partial charge is 0.488 e. The van der Waals surface area contributed by atoms with Crippen molar-refractivity contribution >= 4 is 11.6 Å². The average Bonchev–Trinajstić information content (AvgIpc) is 3.17. The molecule has 1 fully saturated rings. The molecule has 0 saturated heterocycles. The van der Waals surface area contributed by atoms with E-state index in [1.807, 2.05) is 0 Å². The molecular formula is C20H19ClF2N4O. The fourth-order valence-electron chi connectivity index (χ4n) is 3.52. The van der Waals surface area contributed by atoms with E-state index >= 15 is 0 Å². The first-order valence-electron chi connectivity index (χ1n) is 9.26. The van der Waals surface area contributed by atoms with E-state index in [2.05, 4.69) is 15.1 Å². The summed E-state index contributed by atoms with van der Waals surface area (Å²) < 4.78 is 35.2. The quantitative estimate of drug-likeness (QED) is 0.547. The second-order valence-electron chi connectivity index (χ2n) is 6.90. The Morgan fingerprint density at radius 3 is 2.61 bits per heavy atom. The second kappa shape index (κ2) is 8.22. The van der Waals surface area contributed by atoms with Crippen LogP contribution in [-0.2, 0) is 0 Å². The number of ether oxygens (including phenoxy) is 1. The van der Waals surface area contributed by atoms with Crippen molar-refractivity contribution in [2.24, 2.45) is 5.92 Å². The Balaban J connectivity index is 1.63. The molecule has 2 aromatic heterocycles. The number of hydrogen-bond donors (Lipinski definition) is 0. The van der Waals surface area contributed by atoms with E-state index in [1.54, 1.807) is 0 Å². The summed E-state index contributed by atoms with van der Waals surface area (Å²) in [5.74, 6) is -0.565. The molecule has 1 saturated carbocycles. The summed E-state index contributed by atoms with van der Waals surface area (Å²) in [6.45, 7) is 0.538. The molecule has 2 heterocycles. The molecule has 146 valence electrons. The van der Waals surface area contributed by atoms with Gasteiger partial charge in [0.2, 0.25) is 0 Å². The maximum absolute atomic E-state index is 14.0. The summed E-state index contributed by atoms with van der Waals surface area (Å²) in [5, 5.41) is 4.28. The number of benzene rings is 1. The van der Waals surface area contributed by atoms with E-state index in [1.165, 1.54) is 56.2 Å². The third-order valence-corrected chi connectivity index (χ3v) is 5.24. The Labute approximate surface area is 166 Å². The molecule has 0 spiro atoms. The van der Waals surface area contributed by atoms with Gasteiger partial charge in [-0.2, -0.15) is 5.10 Å². The third kappa shape index (κ3) is 3.85. The lowest BCUT2D eigenvalue weighted by molar-refractivity contribution is 0.208. The molecule has 0 amide bonds. The predicted molar refractivity (Wildman–Crippen MR) is 102 cm³/mol. The topological polar surface area (TPSA) is 52.8 Å². The standard InChI is InChI=1S/C20H19ClF2N4O/c21-20-19(28-11-13-5-2-1-3-6-13)17(24-12-25-20)14-9-26-27(10-14)18-15(22)7-4-8-16(18)23/h4,7-10,12-13H,1-3,5-6,11H2. The molecule has 0 bridgehead atoms. The monoisotopic (exact) mass is 404 g/mol. The van der Waals surface area contributed by atoms with E-state index in [0.717, 1.165) is 17.5 Å². The molecule has 0 atom stereocenters. The van der Waals surface area contributed by atoms with E-state index in [-0.39, 0.29) is 10.8 Å². The van der Waals surface area contributed by atoms with Crippen molar-refractivity contribution in [3.8, 4) is 22.7 Å². The third-order valence-electron chi connectivity index (χ3n) is 4.97. The second-order valence-corrected chi connectivity index (χ2v) is 7.26. The Hall–Kier alpha value is -2.54. The van der Waals surface area contributed by atoms with Crippen LogP contribution >= 0.6 is 11.6 Å². The Morgan fingerprint density at radius 2 is 1.86 bits per heavy atom. The van der Waals surface area contributed by atoms with Gasteiger partial charge in [0.1, 0.15) is 17.7 Å². The first-order chi connectivity index (χ1) is 13.6. The zero-order valence-electron chi connectivity index (χ0n) is 15.1. The van der Waals surface area contributed by atoms with Gasteiger partial charge < -0.3 is 4.74 Å². The Bertz CT molecular complexity index is 952. The van der Waals surface area contributed by atoms with Gasteiger partial charge in [-0.25, -0.2) is 23.4 Å². The van der Waals surface area contributed by atoms with Gasteiger partial charge >= 0.3 is 0 Å². The highest BCUT2D eigenvalue weighted by molar-refractivity contribution is 6.31. The number of halogens is 3. The minimum Gasteiger partial charge on any atom is -0.488 e. The fourth-order valence-corrected chi connectivity index (χ4v) is 3.70. The molecule has 1 aliphatic carbocycles. The SMILES string of the molecule is Fc1cccc(F)c1-n1cc(-c2ncnc(Cl)c2OCC2CCCCC2)cn1. The molecular weight excluding hydrogens is 386 g/mol. The minimum absolute atomic E-state index is 0.200. The highest BCUT2D eigenvalue weighted by Crippen LogP contribution is 2.34. The molecule has 0 aliphatic heterocycles. The normalized spacial score (nSPS) is 15.0. The summed E-state index contributed by atoms with van der Waals surface area (Å²) >= 11 is 6.25. The zero-order chi connectivity index (χ0) is 19.5. The van der Waals surface area contributed by atoms with Gasteiger partial charge in [-0.1, -0.05) is 36.9 Å². The van der Waals surface area contributed by atoms with Crippen LogP contribution in [-0.4, -0.2) is 26.4 Å². The molecule has 0 N–H and O–H groups in total. The summed E-state index contributed by atoms with van der Waals surface area (Å²) in [7, 11) is 0. The van der Waals surface area contributed by atoms with Crippen molar-refractivity contribution in [2.75, 3.05) is 6.61 Å². The molecule has 8 heteroatoms. The molecule has 28 heavy (non-hydrogen) atoms. The van der Waals surface area contributed by atoms with Gasteiger partial charge in [-0.05, 0) is 30.9 Å². The number of aromatic nitrogens is 4. The lowest BCUT2D eigenvalue weighted by Gasteiger charge is -2.22. The molecule has 0 radical (unpaired) electrons. The maximum Gasteiger partial charge on any atom is 0.183 e. The Kier molecular flexibility index (Phi) is 5.52. The molecule has 1 aliphatic rings. The van der Waals surface area contributed by atoms with Crippen LogP contribution in [0.25, 0.3) is 16.9 Å². The molecule has 0 unspecified atom stereocenters. The van der Waals surface area contributed by atoms with Gasteiger partial charge in [0.15, 0.2) is 22.5 Å². The van der Waals surface area contributed by atoms with Gasteiger partial charge in [0, 0.05) is 11.8 Å². The predicted octanol–water partition coefficient (Wildman–Crippen LogP) is 5.22. The van der Waals surface area contributed by atoms with Crippen LogP contribution in [0.5, 0.6) is 5.75 Å². The van der Waals surface area contributed by atoms with Crippen LogP contribution in [0, 0.1) is 17.6 Å². The number of rotatable bonds is 5. The van der Waals surface area contributed by atoms with Gasteiger partial charge in [-0.15, -0.1) is 0 Å². The van der Waals surface area contributed by atoms with Gasteiger partial charge in [-0.3, -0.25) is 0 Å². The van der Waals surface area contributed by atoms with Crippen LogP contribution in [0.2, 0.25) is 5.15 Å². The minimum atomic E-state index is -0.704. The molecule has 4 rings (SSSR count). The van der Waals surface area contributed by atoms with Crippen molar-refractivity contribution in [2.45, 2.75) is 32.1 Å². The van der Waals surface area contributed by atoms with Crippen molar-refractivity contribution in [3.63, 3.8) is 0 Å². The fraction of sp³-hybridized carbons (Fsp3) is 0.350. The van der Waals surface area contributed by atoms with Crippen molar-refractivity contribution in [3.05, 3.63) is 53.7 Å². The summed E-state index contributed by atoms with van der Waals surface area (Å²) in [4.78, 5) is 8.27. The van der Waals surface area contributed by atoms with Crippen LogP contribution in [0.15, 0.2) is 36.9 Å². The van der Waals surface area contributed by atoms with Gasteiger partial charge in [0.05, 0.1) is 12.8 Å². The van der Waals surface area contributed by atoms with E-state index < -0.39 is 11.6 Å². The van der Waals surface area contributed by atoms with Crippen molar-refractivity contribution in [1.82, 2.24) is 19.7 Å². The van der Waals surface area contributed by atoms with E-state index in [4.69, 9.17) is 16.3 Å². The van der Waals surface area contributed by atoms with E-state index in [0.29, 0.717) is 29.5 Å². The van der Waals surface area contributed by atoms with Crippen LogP contribution in [0.3, 0.4) is 0 Å². The van der Waals surface area contributed by atoms with Crippen molar-refractivity contribution < 1.29 is 13.5 Å². The molecule has 5 nitrogen and oxygen atoms in total. The first-order valence-corrected chi connectivity index (χ1v) is 9.64. The van der Waals surface area contributed by atoms with Crippen LogP contribution in [0.1, 0.15) is 32.1 Å². The van der Waals surface area contributed by atoms with E-state index in [9.17, 15) is 8.78 Å². The number of hydrogen-bond acceptors (Lipinski definition) is 4. The highest BCUT2D eigenvalue weighted by atomic mass is 35.5. The summed E-state index contributed by atoms with van der Waals surface area (Å²) in [6.07, 6.45) is 10.2. The smallest absolute Gasteiger partial charge is 0.183 e. The number of para-hydroxylation sites is 1. The Morgan fingerprint density at radius 1 is 1.11 bits per heavy atom. The lowest BCUT2D eigenvalue weighted by atomic mass is 9.90. The van der Waals surface area contributed by atoms with Crippen LogP contribution < -0.4 is 4.74 Å². The zero-order valence-corrected chi connectivity index (χ0v) is 15.9. The highest BCUT2D eigenvalue weighted by Gasteiger charge is 2.20. The van der Waals surface area contributed by atoms with Gasteiger partial charge in [0.25, 0.3) is 0 Å². The maximum atomic E-state index is 14.0. The first kappa shape index (κ1) is 18.8. The van der Waals surface area contributed by atoms with Crippen molar-refractivity contribution in [1.29, 1.82) is 0 Å². The lowest BCUT2D eigenvalue weighted by Crippen LogP contribution is -2.16. The number of nitrogens with zero attached hydrogens (tertiary/aromatic N) is 4. The summed E-state index contributed by atoms with van der Waals surface area (Å²) in [6, 6.07) is 3.67.